The minimum Gasteiger partial charge on any atom is -0.340 e. The molecule has 0 aromatic rings. The molecule has 1 aliphatic carbocycles. The number of rotatable bonds is 3. The van der Waals surface area contributed by atoms with Crippen LogP contribution in [-0.2, 0) is 4.79 Å². The molecule has 4 heteroatoms. The van der Waals surface area contributed by atoms with Crippen molar-refractivity contribution in [3.8, 4) is 0 Å². The molecule has 1 saturated heterocycles. The Hall–Kier alpha value is -0.610. The van der Waals surface area contributed by atoms with Crippen LogP contribution < -0.4 is 5.73 Å². The van der Waals surface area contributed by atoms with Crippen LogP contribution in [0.3, 0.4) is 0 Å². The van der Waals surface area contributed by atoms with E-state index in [9.17, 15) is 4.79 Å². The van der Waals surface area contributed by atoms with Crippen LogP contribution in [0.25, 0.3) is 0 Å². The lowest BCUT2D eigenvalue weighted by molar-refractivity contribution is -0.135. The maximum atomic E-state index is 12.1. The van der Waals surface area contributed by atoms with Gasteiger partial charge in [-0.3, -0.25) is 9.69 Å². The number of nitrogens with zero attached hydrogens (tertiary/aromatic N) is 2. The zero-order chi connectivity index (χ0) is 12.6. The summed E-state index contributed by atoms with van der Waals surface area (Å²) < 4.78 is 0. The van der Waals surface area contributed by atoms with Gasteiger partial charge in [-0.2, -0.15) is 0 Å². The predicted molar refractivity (Wildman–Crippen MR) is 68.6 cm³/mol. The number of nitrogens with two attached hydrogens (primary N) is 1. The molecule has 2 atom stereocenters. The molecular weight excluding hydrogens is 214 g/mol. The van der Waals surface area contributed by atoms with Crippen molar-refractivity contribution in [1.29, 1.82) is 0 Å². The average Bonchev–Trinajstić information content (AvgIpc) is 3.05. The fourth-order valence-electron chi connectivity index (χ4n) is 2.56. The van der Waals surface area contributed by atoms with Crippen LogP contribution in [0.4, 0.5) is 0 Å². The van der Waals surface area contributed by atoms with E-state index in [1.165, 1.54) is 0 Å². The molecule has 17 heavy (non-hydrogen) atoms. The monoisotopic (exact) mass is 239 g/mol. The van der Waals surface area contributed by atoms with E-state index in [0.29, 0.717) is 24.3 Å². The fourth-order valence-corrected chi connectivity index (χ4v) is 2.56. The topological polar surface area (TPSA) is 49.6 Å². The Kier molecular flexibility index (Phi) is 3.46. The van der Waals surface area contributed by atoms with Gasteiger partial charge < -0.3 is 10.6 Å². The third-order valence-electron chi connectivity index (χ3n) is 4.37. The van der Waals surface area contributed by atoms with Gasteiger partial charge in [-0.1, -0.05) is 6.92 Å². The van der Waals surface area contributed by atoms with Gasteiger partial charge in [0.15, 0.2) is 0 Å². The van der Waals surface area contributed by atoms with Gasteiger partial charge in [0.05, 0.1) is 0 Å². The molecule has 2 N–H and O–H groups in total. The van der Waals surface area contributed by atoms with E-state index in [1.807, 2.05) is 4.90 Å². The maximum absolute atomic E-state index is 12.1. The van der Waals surface area contributed by atoms with Crippen molar-refractivity contribution in [3.63, 3.8) is 0 Å². The molecule has 0 bridgehead atoms. The minimum absolute atomic E-state index is 0.0575. The highest BCUT2D eigenvalue weighted by Crippen LogP contribution is 2.39. The van der Waals surface area contributed by atoms with Crippen LogP contribution in [0.15, 0.2) is 0 Å². The molecule has 1 saturated carbocycles. The van der Waals surface area contributed by atoms with Crippen LogP contribution in [0, 0.1) is 11.8 Å². The van der Waals surface area contributed by atoms with Crippen LogP contribution in [0.5, 0.6) is 0 Å². The zero-order valence-corrected chi connectivity index (χ0v) is 11.3. The molecule has 1 amide bonds. The van der Waals surface area contributed by atoms with E-state index in [2.05, 4.69) is 25.7 Å². The van der Waals surface area contributed by atoms with Crippen molar-refractivity contribution < 1.29 is 4.79 Å². The van der Waals surface area contributed by atoms with Crippen molar-refractivity contribution in [2.75, 3.05) is 32.7 Å². The molecular formula is C13H25N3O. The first-order chi connectivity index (χ1) is 7.95. The summed E-state index contributed by atoms with van der Waals surface area (Å²) in [4.78, 5) is 16.5. The van der Waals surface area contributed by atoms with E-state index in [1.54, 1.807) is 0 Å². The maximum Gasteiger partial charge on any atom is 0.226 e. The minimum atomic E-state index is 0.0575. The molecule has 98 valence electrons. The third kappa shape index (κ3) is 2.63. The quantitative estimate of drug-likeness (QED) is 0.781. The molecule has 2 fully saturated rings. The average molecular weight is 239 g/mol. The molecule has 0 radical (unpaired) electrons. The molecule has 0 aromatic heterocycles. The van der Waals surface area contributed by atoms with E-state index in [0.717, 1.165) is 32.6 Å². The number of hydrogen-bond donors (Lipinski definition) is 1. The van der Waals surface area contributed by atoms with Crippen LogP contribution in [-0.4, -0.2) is 54.0 Å². The van der Waals surface area contributed by atoms with Gasteiger partial charge in [0.1, 0.15) is 0 Å². The first-order valence-corrected chi connectivity index (χ1v) is 6.69. The molecule has 1 aliphatic heterocycles. The Morgan fingerprint density at radius 2 is 1.82 bits per heavy atom. The molecule has 2 rings (SSSR count). The number of hydrogen-bond acceptors (Lipinski definition) is 3. The largest absolute Gasteiger partial charge is 0.340 e. The van der Waals surface area contributed by atoms with Gasteiger partial charge in [-0.15, -0.1) is 0 Å². The SMILES string of the molecule is CC1CC1C(=O)N1CCN(C(C)(C)CN)CC1. The van der Waals surface area contributed by atoms with Gasteiger partial charge in [0.2, 0.25) is 5.91 Å². The summed E-state index contributed by atoms with van der Waals surface area (Å²) >= 11 is 0. The second kappa shape index (κ2) is 4.58. The van der Waals surface area contributed by atoms with E-state index in [-0.39, 0.29) is 5.54 Å². The summed E-state index contributed by atoms with van der Waals surface area (Å²) in [6.07, 6.45) is 1.09. The molecule has 4 nitrogen and oxygen atoms in total. The van der Waals surface area contributed by atoms with E-state index in [4.69, 9.17) is 5.73 Å². The van der Waals surface area contributed by atoms with Gasteiger partial charge in [0.25, 0.3) is 0 Å². The highest BCUT2D eigenvalue weighted by Gasteiger charge is 2.42. The third-order valence-corrected chi connectivity index (χ3v) is 4.37. The summed E-state index contributed by atoms with van der Waals surface area (Å²) in [5, 5.41) is 0. The Bertz CT molecular complexity index is 295. The van der Waals surface area contributed by atoms with E-state index >= 15 is 0 Å². The van der Waals surface area contributed by atoms with Gasteiger partial charge in [-0.25, -0.2) is 0 Å². The zero-order valence-electron chi connectivity index (χ0n) is 11.3. The summed E-state index contributed by atoms with van der Waals surface area (Å²) in [6, 6.07) is 0. The van der Waals surface area contributed by atoms with Gasteiger partial charge in [-0.05, 0) is 26.2 Å². The first-order valence-electron chi connectivity index (χ1n) is 6.69. The summed E-state index contributed by atoms with van der Waals surface area (Å²) in [7, 11) is 0. The second-order valence-electron chi connectivity index (χ2n) is 6.15. The Balaban J connectivity index is 1.84. The van der Waals surface area contributed by atoms with Crippen molar-refractivity contribution in [2.24, 2.45) is 17.6 Å². The number of piperazine rings is 1. The standard InChI is InChI=1S/C13H25N3O/c1-10-8-11(10)12(17)15-4-6-16(7-5-15)13(2,3)9-14/h10-11H,4-9,14H2,1-3H3. The lowest BCUT2D eigenvalue weighted by Gasteiger charge is -2.43. The van der Waals surface area contributed by atoms with Gasteiger partial charge >= 0.3 is 0 Å². The van der Waals surface area contributed by atoms with Crippen molar-refractivity contribution in [2.45, 2.75) is 32.7 Å². The Morgan fingerprint density at radius 1 is 1.29 bits per heavy atom. The molecule has 1 heterocycles. The summed E-state index contributed by atoms with van der Waals surface area (Å²) in [6.45, 7) is 10.8. The molecule has 0 spiro atoms. The van der Waals surface area contributed by atoms with Crippen molar-refractivity contribution in [3.05, 3.63) is 0 Å². The lowest BCUT2D eigenvalue weighted by atomic mass is 10.0. The fraction of sp³-hybridized carbons (Fsp3) is 0.923. The first kappa shape index (κ1) is 12.8. The van der Waals surface area contributed by atoms with Crippen LogP contribution in [0.1, 0.15) is 27.2 Å². The Morgan fingerprint density at radius 3 is 2.24 bits per heavy atom. The summed E-state index contributed by atoms with van der Waals surface area (Å²) in [5.41, 5.74) is 5.84. The van der Waals surface area contributed by atoms with Crippen LogP contribution in [0.2, 0.25) is 0 Å². The van der Waals surface area contributed by atoms with E-state index < -0.39 is 0 Å². The van der Waals surface area contributed by atoms with Crippen LogP contribution >= 0.6 is 0 Å². The number of amides is 1. The predicted octanol–water partition coefficient (Wildman–Crippen LogP) is 0.524. The molecule has 2 aliphatic rings. The second-order valence-corrected chi connectivity index (χ2v) is 6.15. The molecule has 0 aromatic carbocycles. The highest BCUT2D eigenvalue weighted by molar-refractivity contribution is 5.81. The number of carbonyl (C=O) groups is 1. The van der Waals surface area contributed by atoms with Crippen molar-refractivity contribution >= 4 is 5.91 Å². The lowest BCUT2D eigenvalue weighted by Crippen LogP contribution is -2.58. The highest BCUT2D eigenvalue weighted by atomic mass is 16.2. The summed E-state index contributed by atoms with van der Waals surface area (Å²) in [5.74, 6) is 1.31. The van der Waals surface area contributed by atoms with Crippen molar-refractivity contribution in [1.82, 2.24) is 9.80 Å². The molecule has 2 unspecified atom stereocenters. The smallest absolute Gasteiger partial charge is 0.226 e. The number of carbonyl (C=O) groups excluding carboxylic acids is 1. The Labute approximate surface area is 104 Å². The van der Waals surface area contributed by atoms with Gasteiger partial charge in [0, 0.05) is 44.2 Å². The normalized spacial score (nSPS) is 30.5.